The molecule has 0 saturated heterocycles. The third kappa shape index (κ3) is 4.81. The van der Waals surface area contributed by atoms with Crippen LogP contribution in [0.2, 0.25) is 10.0 Å². The number of hydrogen-bond acceptors (Lipinski definition) is 2. The van der Waals surface area contributed by atoms with E-state index in [-0.39, 0.29) is 12.1 Å². The van der Waals surface area contributed by atoms with Gasteiger partial charge in [0.15, 0.2) is 0 Å². The average Bonchev–Trinajstić information content (AvgIpc) is 2.22. The number of urea groups is 1. The van der Waals surface area contributed by atoms with Gasteiger partial charge in [0.2, 0.25) is 0 Å². The number of amides is 2. The van der Waals surface area contributed by atoms with Crippen molar-refractivity contribution in [3.8, 4) is 0 Å². The number of nitrogens with one attached hydrogen (secondary N) is 2. The highest BCUT2D eigenvalue weighted by Crippen LogP contribution is 2.25. The maximum atomic E-state index is 11.6. The molecule has 0 bridgehead atoms. The monoisotopic (exact) mass is 275 g/mol. The smallest absolute Gasteiger partial charge is 0.319 e. The van der Waals surface area contributed by atoms with Crippen LogP contribution in [0.5, 0.6) is 0 Å². The minimum atomic E-state index is -0.310. The largest absolute Gasteiger partial charge is 0.335 e. The lowest BCUT2D eigenvalue weighted by molar-refractivity contribution is 0.249. The van der Waals surface area contributed by atoms with Crippen molar-refractivity contribution < 1.29 is 4.79 Å². The Balaban J connectivity index is 2.56. The zero-order valence-electron chi connectivity index (χ0n) is 9.47. The molecule has 0 aromatic heterocycles. The molecule has 0 aliphatic rings. The second-order valence-corrected chi connectivity index (χ2v) is 4.54. The molecule has 0 spiro atoms. The molecule has 1 atom stereocenters. The fourth-order valence-corrected chi connectivity index (χ4v) is 1.75. The van der Waals surface area contributed by atoms with Gasteiger partial charge in [0.1, 0.15) is 0 Å². The Morgan fingerprint density at radius 2 is 2.18 bits per heavy atom. The molecule has 1 rings (SSSR count). The standard InChI is InChI=1S/C11H15Cl2N3O/c1-7(4-5-14)15-11(17)16-10-3-2-8(12)6-9(10)13/h2-3,6-7H,4-5,14H2,1H3,(H2,15,16,17). The van der Waals surface area contributed by atoms with Crippen LogP contribution in [-0.4, -0.2) is 18.6 Å². The van der Waals surface area contributed by atoms with Gasteiger partial charge in [-0.15, -0.1) is 0 Å². The van der Waals surface area contributed by atoms with Gasteiger partial charge in [-0.2, -0.15) is 0 Å². The van der Waals surface area contributed by atoms with Gasteiger partial charge in [-0.3, -0.25) is 0 Å². The first-order valence-corrected chi connectivity index (χ1v) is 6.01. The Kier molecular flexibility index (Phi) is 5.55. The first kappa shape index (κ1) is 14.1. The van der Waals surface area contributed by atoms with Gasteiger partial charge in [-0.05, 0) is 38.1 Å². The quantitative estimate of drug-likeness (QED) is 0.791. The molecular weight excluding hydrogens is 261 g/mol. The Hall–Kier alpha value is -0.970. The lowest BCUT2D eigenvalue weighted by Crippen LogP contribution is -2.37. The van der Waals surface area contributed by atoms with Crippen molar-refractivity contribution >= 4 is 34.9 Å². The lowest BCUT2D eigenvalue weighted by atomic mass is 10.2. The van der Waals surface area contributed by atoms with E-state index >= 15 is 0 Å². The zero-order chi connectivity index (χ0) is 12.8. The van der Waals surface area contributed by atoms with E-state index in [1.165, 1.54) is 0 Å². The van der Waals surface area contributed by atoms with Crippen LogP contribution in [0.4, 0.5) is 10.5 Å². The molecule has 0 radical (unpaired) electrons. The third-order valence-electron chi connectivity index (χ3n) is 2.16. The molecule has 94 valence electrons. The van der Waals surface area contributed by atoms with E-state index in [1.807, 2.05) is 6.92 Å². The van der Waals surface area contributed by atoms with Crippen molar-refractivity contribution in [1.29, 1.82) is 0 Å². The van der Waals surface area contributed by atoms with Crippen LogP contribution >= 0.6 is 23.2 Å². The maximum absolute atomic E-state index is 11.6. The summed E-state index contributed by atoms with van der Waals surface area (Å²) in [5, 5.41) is 6.32. The van der Waals surface area contributed by atoms with Crippen LogP contribution in [0.1, 0.15) is 13.3 Å². The van der Waals surface area contributed by atoms with Crippen molar-refractivity contribution in [3.05, 3.63) is 28.2 Å². The van der Waals surface area contributed by atoms with Gasteiger partial charge in [0, 0.05) is 11.1 Å². The number of benzene rings is 1. The van der Waals surface area contributed by atoms with Crippen LogP contribution < -0.4 is 16.4 Å². The van der Waals surface area contributed by atoms with Gasteiger partial charge >= 0.3 is 6.03 Å². The molecule has 2 amide bonds. The SMILES string of the molecule is CC(CCN)NC(=O)Nc1ccc(Cl)cc1Cl. The van der Waals surface area contributed by atoms with Crippen LogP contribution in [0, 0.1) is 0 Å². The van der Waals surface area contributed by atoms with Gasteiger partial charge in [-0.25, -0.2) is 4.79 Å². The van der Waals surface area contributed by atoms with Gasteiger partial charge in [0.05, 0.1) is 10.7 Å². The number of anilines is 1. The van der Waals surface area contributed by atoms with Crippen LogP contribution in [0.25, 0.3) is 0 Å². The topological polar surface area (TPSA) is 67.1 Å². The molecular formula is C11H15Cl2N3O. The van der Waals surface area contributed by atoms with Gasteiger partial charge in [-0.1, -0.05) is 23.2 Å². The number of hydrogen-bond donors (Lipinski definition) is 3. The van der Waals surface area contributed by atoms with Crippen molar-refractivity contribution in [2.24, 2.45) is 5.73 Å². The minimum absolute atomic E-state index is 0.0195. The lowest BCUT2D eigenvalue weighted by Gasteiger charge is -2.14. The molecule has 4 nitrogen and oxygen atoms in total. The summed E-state index contributed by atoms with van der Waals surface area (Å²) in [5.74, 6) is 0. The highest BCUT2D eigenvalue weighted by molar-refractivity contribution is 6.36. The summed E-state index contributed by atoms with van der Waals surface area (Å²) < 4.78 is 0. The molecule has 1 aromatic carbocycles. The van der Waals surface area contributed by atoms with E-state index in [0.717, 1.165) is 6.42 Å². The molecule has 0 aliphatic heterocycles. The first-order valence-electron chi connectivity index (χ1n) is 5.25. The fourth-order valence-electron chi connectivity index (χ4n) is 1.30. The summed E-state index contributed by atoms with van der Waals surface area (Å²) in [7, 11) is 0. The van der Waals surface area contributed by atoms with E-state index < -0.39 is 0 Å². The Labute approximate surface area is 110 Å². The summed E-state index contributed by atoms with van der Waals surface area (Å²) in [6.07, 6.45) is 0.724. The molecule has 1 aromatic rings. The van der Waals surface area contributed by atoms with Crippen molar-refractivity contribution in [3.63, 3.8) is 0 Å². The summed E-state index contributed by atoms with van der Waals surface area (Å²) in [6, 6.07) is 4.59. The van der Waals surface area contributed by atoms with E-state index in [2.05, 4.69) is 10.6 Å². The van der Waals surface area contributed by atoms with E-state index in [9.17, 15) is 4.79 Å². The Morgan fingerprint density at radius 3 is 2.76 bits per heavy atom. The number of rotatable bonds is 4. The normalized spacial score (nSPS) is 12.0. The van der Waals surface area contributed by atoms with Gasteiger partial charge < -0.3 is 16.4 Å². The predicted molar refractivity (Wildman–Crippen MR) is 71.7 cm³/mol. The maximum Gasteiger partial charge on any atom is 0.319 e. The molecule has 0 fully saturated rings. The number of nitrogens with two attached hydrogens (primary N) is 1. The van der Waals surface area contributed by atoms with Crippen LogP contribution in [0.15, 0.2) is 18.2 Å². The number of carbonyl (C=O) groups is 1. The predicted octanol–water partition coefficient (Wildman–Crippen LogP) is 2.85. The summed E-state index contributed by atoms with van der Waals surface area (Å²) in [5.41, 5.74) is 5.91. The highest BCUT2D eigenvalue weighted by atomic mass is 35.5. The third-order valence-corrected chi connectivity index (χ3v) is 2.70. The van der Waals surface area contributed by atoms with Crippen molar-refractivity contribution in [2.75, 3.05) is 11.9 Å². The summed E-state index contributed by atoms with van der Waals surface area (Å²) in [6.45, 7) is 2.42. The van der Waals surface area contributed by atoms with E-state index in [1.54, 1.807) is 18.2 Å². The average molecular weight is 276 g/mol. The molecule has 6 heteroatoms. The molecule has 0 heterocycles. The number of carbonyl (C=O) groups excluding carboxylic acids is 1. The van der Waals surface area contributed by atoms with Gasteiger partial charge in [0.25, 0.3) is 0 Å². The second kappa shape index (κ2) is 6.69. The van der Waals surface area contributed by atoms with E-state index in [4.69, 9.17) is 28.9 Å². The van der Waals surface area contributed by atoms with Crippen molar-refractivity contribution in [1.82, 2.24) is 5.32 Å². The first-order chi connectivity index (χ1) is 8.02. The minimum Gasteiger partial charge on any atom is -0.335 e. The Bertz CT molecular complexity index is 398. The number of halogens is 2. The molecule has 4 N–H and O–H groups in total. The zero-order valence-corrected chi connectivity index (χ0v) is 11.0. The van der Waals surface area contributed by atoms with Crippen molar-refractivity contribution in [2.45, 2.75) is 19.4 Å². The molecule has 0 saturated carbocycles. The second-order valence-electron chi connectivity index (χ2n) is 3.70. The fraction of sp³-hybridized carbons (Fsp3) is 0.364. The molecule has 1 unspecified atom stereocenters. The van der Waals surface area contributed by atoms with E-state index in [0.29, 0.717) is 22.3 Å². The van der Waals surface area contributed by atoms with Crippen LogP contribution in [0.3, 0.4) is 0 Å². The Morgan fingerprint density at radius 1 is 1.47 bits per heavy atom. The highest BCUT2D eigenvalue weighted by Gasteiger charge is 2.08. The summed E-state index contributed by atoms with van der Waals surface area (Å²) >= 11 is 11.7. The molecule has 17 heavy (non-hydrogen) atoms. The van der Waals surface area contributed by atoms with Crippen LogP contribution in [-0.2, 0) is 0 Å². The molecule has 0 aliphatic carbocycles. The summed E-state index contributed by atoms with van der Waals surface area (Å²) in [4.78, 5) is 11.6.